The molecule has 1 atom stereocenters. The van der Waals surface area contributed by atoms with E-state index in [-0.39, 0.29) is 11.9 Å². The van der Waals surface area contributed by atoms with E-state index in [9.17, 15) is 4.39 Å². The predicted molar refractivity (Wildman–Crippen MR) is 145 cm³/mol. The maximum Gasteiger partial charge on any atom is 0.142 e. The summed E-state index contributed by atoms with van der Waals surface area (Å²) in [7, 11) is 0. The molecule has 0 radical (unpaired) electrons. The van der Waals surface area contributed by atoms with Gasteiger partial charge in [0.2, 0.25) is 0 Å². The number of fused-ring (bicyclic) bond motifs is 2. The second-order valence-corrected chi connectivity index (χ2v) is 9.47. The smallest absolute Gasteiger partial charge is 0.142 e. The largest absolute Gasteiger partial charge is 0.487 e. The highest BCUT2D eigenvalue weighted by Crippen LogP contribution is 2.40. The number of aromatic nitrogens is 1. The zero-order valence-electron chi connectivity index (χ0n) is 20.6. The molecule has 0 N–H and O–H groups in total. The summed E-state index contributed by atoms with van der Waals surface area (Å²) in [6.45, 7) is 7.17. The van der Waals surface area contributed by atoms with Crippen LogP contribution in [0.2, 0.25) is 0 Å². The van der Waals surface area contributed by atoms with E-state index >= 15 is 0 Å². The van der Waals surface area contributed by atoms with E-state index in [1.54, 1.807) is 0 Å². The van der Waals surface area contributed by atoms with Crippen LogP contribution in [0.25, 0.3) is 10.9 Å². The average Bonchev–Trinajstić information content (AvgIpc) is 2.93. The van der Waals surface area contributed by atoms with Gasteiger partial charge in [0, 0.05) is 48.7 Å². The summed E-state index contributed by atoms with van der Waals surface area (Å²) in [4.78, 5) is 9.35. The molecule has 0 aliphatic carbocycles. The third kappa shape index (κ3) is 4.78. The molecule has 2 aliphatic heterocycles. The number of halogens is 1. The minimum absolute atomic E-state index is 0.0583. The van der Waals surface area contributed by atoms with Crippen molar-refractivity contribution in [2.24, 2.45) is 0 Å². The van der Waals surface area contributed by atoms with Gasteiger partial charge in [-0.25, -0.2) is 4.39 Å². The minimum atomic E-state index is -0.236. The van der Waals surface area contributed by atoms with Crippen molar-refractivity contribution in [3.8, 4) is 0 Å². The molecule has 4 aromatic rings. The van der Waals surface area contributed by atoms with Gasteiger partial charge >= 0.3 is 0 Å². The lowest BCUT2D eigenvalue weighted by atomic mass is 9.94. The number of pyridine rings is 1. The van der Waals surface area contributed by atoms with Crippen molar-refractivity contribution >= 4 is 10.9 Å². The highest BCUT2D eigenvalue weighted by Gasteiger charge is 2.34. The van der Waals surface area contributed by atoms with Crippen molar-refractivity contribution < 1.29 is 9.13 Å². The highest BCUT2D eigenvalue weighted by molar-refractivity contribution is 5.81. The van der Waals surface area contributed by atoms with E-state index in [2.05, 4.69) is 70.0 Å². The van der Waals surface area contributed by atoms with E-state index in [1.807, 2.05) is 42.6 Å². The molecular formula is C32H28FN3O. The van der Waals surface area contributed by atoms with Crippen LogP contribution in [-0.2, 0) is 17.9 Å². The second-order valence-electron chi connectivity index (χ2n) is 9.47. The zero-order chi connectivity index (χ0) is 25.2. The van der Waals surface area contributed by atoms with Gasteiger partial charge in [0.25, 0.3) is 0 Å². The number of rotatable bonds is 6. The van der Waals surface area contributed by atoms with Gasteiger partial charge < -0.3 is 9.64 Å². The molecule has 6 rings (SSSR count). The van der Waals surface area contributed by atoms with E-state index in [0.717, 1.165) is 58.7 Å². The molecule has 0 saturated carbocycles. The standard InChI is InChI=1S/C32H28FN3O/c1-23-19-29-32(26-12-14-28(33)15-13-26)36(20-27-10-5-9-25-11-6-16-34-31(25)27)18-17-35(29)21-30(23)37-22-24-7-3-2-4-8-24/h2-16,19,21,32H,1,17-18,20,22H2. The lowest BCUT2D eigenvalue weighted by Crippen LogP contribution is -2.45. The summed E-state index contributed by atoms with van der Waals surface area (Å²) >= 11 is 0. The second kappa shape index (κ2) is 10.0. The van der Waals surface area contributed by atoms with Crippen LogP contribution >= 0.6 is 0 Å². The first-order chi connectivity index (χ1) is 18.2. The molecule has 37 heavy (non-hydrogen) atoms. The van der Waals surface area contributed by atoms with Gasteiger partial charge in [-0.3, -0.25) is 9.88 Å². The highest BCUT2D eigenvalue weighted by atomic mass is 19.1. The van der Waals surface area contributed by atoms with Crippen molar-refractivity contribution in [3.63, 3.8) is 0 Å². The molecule has 5 heteroatoms. The van der Waals surface area contributed by atoms with Crippen molar-refractivity contribution in [3.05, 3.63) is 150 Å². The third-order valence-electron chi connectivity index (χ3n) is 7.03. The lowest BCUT2D eigenvalue weighted by molar-refractivity contribution is 0.126. The maximum absolute atomic E-state index is 13.9. The summed E-state index contributed by atoms with van der Waals surface area (Å²) in [5, 5.41) is 1.13. The van der Waals surface area contributed by atoms with Gasteiger partial charge in [-0.1, -0.05) is 73.3 Å². The fourth-order valence-electron chi connectivity index (χ4n) is 5.19. The summed E-state index contributed by atoms with van der Waals surface area (Å²) in [6.07, 6.45) is 6.02. The Balaban J connectivity index is 1.31. The van der Waals surface area contributed by atoms with Gasteiger partial charge in [-0.05, 0) is 41.0 Å². The van der Waals surface area contributed by atoms with Gasteiger partial charge in [-0.2, -0.15) is 0 Å². The number of hydrogen-bond donors (Lipinski definition) is 0. The number of para-hydroxylation sites is 1. The summed E-state index contributed by atoms with van der Waals surface area (Å²) in [6, 6.07) is 27.3. The Kier molecular flexibility index (Phi) is 6.29. The van der Waals surface area contributed by atoms with E-state index in [1.165, 1.54) is 17.7 Å². The van der Waals surface area contributed by atoms with Gasteiger partial charge in [0.15, 0.2) is 0 Å². The van der Waals surface area contributed by atoms with Crippen LogP contribution in [0.1, 0.15) is 22.7 Å². The summed E-state index contributed by atoms with van der Waals surface area (Å²) < 4.78 is 20.0. The fourth-order valence-corrected chi connectivity index (χ4v) is 5.19. The molecular weight excluding hydrogens is 461 g/mol. The van der Waals surface area contributed by atoms with Crippen LogP contribution in [0.5, 0.6) is 0 Å². The average molecular weight is 490 g/mol. The fraction of sp³-hybridized carbons (Fsp3) is 0.156. The first kappa shape index (κ1) is 23.2. The summed E-state index contributed by atoms with van der Waals surface area (Å²) in [5.74, 6) is 0.539. The van der Waals surface area contributed by atoms with Gasteiger partial charge in [0.1, 0.15) is 18.2 Å². The van der Waals surface area contributed by atoms with Crippen LogP contribution in [0.15, 0.2) is 127 Å². The van der Waals surface area contributed by atoms with Gasteiger partial charge in [0.05, 0.1) is 11.6 Å². The molecule has 4 nitrogen and oxygen atoms in total. The van der Waals surface area contributed by atoms with Crippen LogP contribution in [-0.4, -0.2) is 27.9 Å². The molecule has 3 heterocycles. The third-order valence-corrected chi connectivity index (χ3v) is 7.03. The normalized spacial score (nSPS) is 17.8. The lowest BCUT2D eigenvalue weighted by Gasteiger charge is -2.45. The number of nitrogens with zero attached hydrogens (tertiary/aromatic N) is 3. The minimum Gasteiger partial charge on any atom is -0.487 e. The molecule has 2 aliphatic rings. The molecule has 3 aromatic carbocycles. The SMILES string of the molecule is C=C1C=C2C(c3ccc(F)cc3)N(Cc3cccc4cccnc34)CCN2C=C1OCc1ccccc1. The van der Waals surface area contributed by atoms with E-state index in [4.69, 9.17) is 4.74 Å². The Morgan fingerprint density at radius 2 is 1.73 bits per heavy atom. The van der Waals surface area contributed by atoms with Crippen molar-refractivity contribution in [1.82, 2.24) is 14.8 Å². The Labute approximate surface area is 216 Å². The van der Waals surface area contributed by atoms with Crippen LogP contribution in [0.3, 0.4) is 0 Å². The first-order valence-corrected chi connectivity index (χ1v) is 12.5. The van der Waals surface area contributed by atoms with Crippen LogP contribution < -0.4 is 0 Å². The van der Waals surface area contributed by atoms with Crippen LogP contribution in [0.4, 0.5) is 4.39 Å². The monoisotopic (exact) mass is 489 g/mol. The van der Waals surface area contributed by atoms with E-state index < -0.39 is 0 Å². The maximum atomic E-state index is 13.9. The van der Waals surface area contributed by atoms with Crippen molar-refractivity contribution in [2.45, 2.75) is 19.2 Å². The predicted octanol–water partition coefficient (Wildman–Crippen LogP) is 6.74. The number of hydrogen-bond acceptors (Lipinski definition) is 4. The molecule has 0 amide bonds. The Morgan fingerprint density at radius 1 is 0.919 bits per heavy atom. The van der Waals surface area contributed by atoms with Crippen molar-refractivity contribution in [1.29, 1.82) is 0 Å². The number of benzene rings is 3. The van der Waals surface area contributed by atoms with Gasteiger partial charge in [-0.15, -0.1) is 0 Å². The Bertz CT molecular complexity index is 1490. The number of ether oxygens (including phenoxy) is 1. The van der Waals surface area contributed by atoms with Crippen LogP contribution in [0, 0.1) is 5.82 Å². The van der Waals surface area contributed by atoms with E-state index in [0.29, 0.717) is 6.61 Å². The molecule has 1 saturated heterocycles. The molecule has 0 spiro atoms. The molecule has 1 fully saturated rings. The Morgan fingerprint density at radius 3 is 2.57 bits per heavy atom. The zero-order valence-corrected chi connectivity index (χ0v) is 20.6. The van der Waals surface area contributed by atoms with Crippen molar-refractivity contribution in [2.75, 3.05) is 13.1 Å². The molecule has 1 aromatic heterocycles. The molecule has 184 valence electrons. The Hall–Kier alpha value is -4.22. The quantitative estimate of drug-likeness (QED) is 0.300. The number of piperazine rings is 1. The molecule has 0 bridgehead atoms. The summed E-state index contributed by atoms with van der Waals surface area (Å²) in [5.41, 5.74) is 6.30. The number of allylic oxidation sites excluding steroid dienone is 1. The topological polar surface area (TPSA) is 28.6 Å². The molecule has 1 unspecified atom stereocenters. The first-order valence-electron chi connectivity index (χ1n) is 12.5.